The fourth-order valence-corrected chi connectivity index (χ4v) is 0.978. The Kier molecular flexibility index (Phi) is 6.43. The molecule has 94 valence electrons. The van der Waals surface area contributed by atoms with Gasteiger partial charge < -0.3 is 0 Å². The Morgan fingerprint density at radius 3 is 1.00 bits per heavy atom. The number of nitrogens with two attached hydrogens (primary N) is 4. The van der Waals surface area contributed by atoms with Crippen LogP contribution in [0.3, 0.4) is 0 Å². The van der Waals surface area contributed by atoms with Gasteiger partial charge in [-0.25, -0.2) is 0 Å². The molecule has 0 saturated heterocycles. The van der Waals surface area contributed by atoms with E-state index in [1.165, 1.54) is 0 Å². The maximum absolute atomic E-state index is 9.44. The van der Waals surface area contributed by atoms with Gasteiger partial charge in [0.05, 0.1) is 0 Å². The van der Waals surface area contributed by atoms with E-state index in [1.807, 2.05) is 0 Å². The molecule has 0 aromatic rings. The van der Waals surface area contributed by atoms with Crippen molar-refractivity contribution in [3.8, 4) is 0 Å². The topological polar surface area (TPSA) is 222 Å². The van der Waals surface area contributed by atoms with E-state index >= 15 is 0 Å². The molecule has 0 heterocycles. The Labute approximate surface area is 84.5 Å². The Morgan fingerprint density at radius 2 is 1.00 bits per heavy atom. The molecule has 0 bridgehead atoms. The molecule has 0 saturated carbocycles. The Morgan fingerprint density at radius 1 is 0.857 bits per heavy atom. The summed E-state index contributed by atoms with van der Waals surface area (Å²) in [4.78, 5) is 0. The van der Waals surface area contributed by atoms with Gasteiger partial charge in [-0.15, -0.1) is 3.63 Å². The molecule has 10 N–H and O–H groups in total. The molecule has 0 aliphatic carbocycles. The summed E-state index contributed by atoms with van der Waals surface area (Å²) in [7, 11) is -10.2. The molecule has 0 radical (unpaired) electrons. The van der Waals surface area contributed by atoms with Crippen molar-refractivity contribution in [2.24, 2.45) is 17.5 Å². The van der Waals surface area contributed by atoms with E-state index in [0.29, 0.717) is 0 Å². The van der Waals surface area contributed by atoms with Gasteiger partial charge in [0.1, 0.15) is 0 Å². The van der Waals surface area contributed by atoms with Crippen LogP contribution in [-0.4, -0.2) is 25.9 Å². The van der Waals surface area contributed by atoms with Gasteiger partial charge in [-0.2, -0.15) is 16.8 Å². The summed E-state index contributed by atoms with van der Waals surface area (Å²) in [6.07, 6.45) is 0. The molecule has 0 rings (SSSR count). The van der Waals surface area contributed by atoms with Crippen LogP contribution in [-0.2, 0) is 40.9 Å². The van der Waals surface area contributed by atoms with Crippen molar-refractivity contribution in [1.82, 2.24) is 0 Å². The third-order valence-corrected chi connectivity index (χ3v) is 1.55. The Balaban J connectivity index is 0. The van der Waals surface area contributed by atoms with Crippen LogP contribution in [0.2, 0.25) is 0 Å². The molecule has 0 fully saturated rings. The average Bonchev–Trinajstić information content (AvgIpc) is 1.42. The van der Waals surface area contributed by atoms with Gasteiger partial charge in [0, 0.05) is 0 Å². The van der Waals surface area contributed by atoms with Gasteiger partial charge in [0.15, 0.2) is 0 Å². The summed E-state index contributed by atoms with van der Waals surface area (Å²) in [5.41, 5.74) is 0. The summed E-state index contributed by atoms with van der Waals surface area (Å²) in [6, 6.07) is 0. The quantitative estimate of drug-likeness (QED) is 0.210. The molecule has 0 amide bonds. The van der Waals surface area contributed by atoms with Crippen molar-refractivity contribution in [2.45, 2.75) is 0 Å². The van der Waals surface area contributed by atoms with Crippen LogP contribution in [0, 0.1) is 0 Å². The van der Waals surface area contributed by atoms with Gasteiger partial charge in [0.2, 0.25) is 0 Å². The fourth-order valence-electron chi connectivity index (χ4n) is 0.109. The van der Waals surface area contributed by atoms with E-state index in [4.69, 9.17) is 26.6 Å². The summed E-state index contributed by atoms with van der Waals surface area (Å²) in [6.45, 7) is 0. The first-order chi connectivity index (χ1) is 5.71. The van der Waals surface area contributed by atoms with Crippen LogP contribution in [0.25, 0.3) is 0 Å². The first-order valence-electron chi connectivity index (χ1n) is 2.10. The SMILES string of the molecule is O=S(=O)(O)OS(=O)(=O)O.[NH2][Pd]([NH2])([NH2])[NH2]. The predicted molar refractivity (Wildman–Crippen MR) is 40.9 cm³/mol. The third-order valence-electron chi connectivity index (χ3n) is 0.172. The molecule has 0 aliphatic heterocycles. The van der Waals surface area contributed by atoms with Crippen molar-refractivity contribution in [1.29, 1.82) is 0 Å². The van der Waals surface area contributed by atoms with E-state index in [9.17, 15) is 16.8 Å². The summed E-state index contributed by atoms with van der Waals surface area (Å²) in [5, 5.41) is 0. The van der Waals surface area contributed by atoms with Crippen molar-refractivity contribution < 1.29 is 46.1 Å². The van der Waals surface area contributed by atoms with Gasteiger partial charge >= 0.3 is 54.8 Å². The number of hydrogen-bond acceptors (Lipinski definition) is 9. The molecular weight excluding hydrogens is 339 g/mol. The normalized spacial score (nSPS) is 14.1. The Hall–Kier alpha value is 0.282. The molecule has 14 heavy (non-hydrogen) atoms. The molecule has 11 nitrogen and oxygen atoms in total. The van der Waals surface area contributed by atoms with E-state index in [-0.39, 0.29) is 0 Å². The molecule has 0 unspecified atom stereocenters. The monoisotopic (exact) mass is 348 g/mol. The van der Waals surface area contributed by atoms with Gasteiger partial charge in [0.25, 0.3) is 0 Å². The van der Waals surface area contributed by atoms with Crippen molar-refractivity contribution in [3.05, 3.63) is 0 Å². The second-order valence-electron chi connectivity index (χ2n) is 1.56. The zero-order chi connectivity index (χ0) is 12.2. The van der Waals surface area contributed by atoms with Crippen LogP contribution in [0.15, 0.2) is 0 Å². The van der Waals surface area contributed by atoms with Crippen LogP contribution in [0.5, 0.6) is 0 Å². The average molecular weight is 349 g/mol. The minimum atomic E-state index is -5.12. The van der Waals surface area contributed by atoms with Gasteiger partial charge in [-0.1, -0.05) is 0 Å². The maximum atomic E-state index is 9.44. The zero-order valence-corrected chi connectivity index (χ0v) is 9.57. The third kappa shape index (κ3) is 39.6. The second kappa shape index (κ2) is 5.39. The summed E-state index contributed by atoms with van der Waals surface area (Å²) < 4.78 is 74.9. The van der Waals surface area contributed by atoms with Crippen molar-refractivity contribution in [2.75, 3.05) is 0 Å². The van der Waals surface area contributed by atoms with Gasteiger partial charge in [-0.05, 0) is 0 Å². The summed E-state index contributed by atoms with van der Waals surface area (Å²) >= 11 is -2.70. The summed E-state index contributed by atoms with van der Waals surface area (Å²) in [5.74, 6) is 0. The van der Waals surface area contributed by atoms with E-state index in [2.05, 4.69) is 3.63 Å². The van der Waals surface area contributed by atoms with Crippen molar-refractivity contribution >= 4 is 20.8 Å². The van der Waals surface area contributed by atoms with E-state index in [1.54, 1.807) is 0 Å². The number of hydrogen-bond donors (Lipinski definition) is 6. The second-order valence-corrected chi connectivity index (χ2v) is 6.92. The molecule has 0 aromatic heterocycles. The first kappa shape index (κ1) is 16.7. The molecule has 0 aromatic carbocycles. The molecule has 0 aliphatic rings. The van der Waals surface area contributed by atoms with E-state index in [0.717, 1.165) is 0 Å². The van der Waals surface area contributed by atoms with Crippen LogP contribution < -0.4 is 17.5 Å². The fraction of sp³-hybridized carbons (Fsp3) is 0. The van der Waals surface area contributed by atoms with E-state index < -0.39 is 37.3 Å². The molecule has 0 spiro atoms. The van der Waals surface area contributed by atoms with Crippen LogP contribution in [0.1, 0.15) is 0 Å². The zero-order valence-electron chi connectivity index (χ0n) is 6.38. The first-order valence-corrected chi connectivity index (χ1v) is 8.42. The molecule has 14 heteroatoms. The van der Waals surface area contributed by atoms with Crippen molar-refractivity contribution in [3.63, 3.8) is 0 Å². The minimum absolute atomic E-state index is 2.68. The number of rotatable bonds is 2. The standard InChI is InChI=1S/4H2N.H2O7S2.Pd/c;;;;1-8(2,3)7-9(4,5)6;/h4*1H2;(H,1,2,3)(H,4,5,6);/q4*-1;;+4. The van der Waals surface area contributed by atoms with Crippen LogP contribution in [0.4, 0.5) is 0 Å². The molecule has 0 atom stereocenters. The Bertz CT molecular complexity index is 312. The van der Waals surface area contributed by atoms with Gasteiger partial charge in [-0.3, -0.25) is 9.11 Å². The predicted octanol–water partition coefficient (Wildman–Crippen LogP) is -3.76. The molecular formula is H10N4O7PdS2. The van der Waals surface area contributed by atoms with Crippen LogP contribution >= 0.6 is 0 Å².